The summed E-state index contributed by atoms with van der Waals surface area (Å²) in [5, 5.41) is 2.42. The Morgan fingerprint density at radius 3 is 2.53 bits per heavy atom. The first-order chi connectivity index (χ1) is 19.2. The molecule has 8 nitrogen and oxygen atoms in total. The molecule has 200 valence electrons. The molecule has 0 spiro atoms. The van der Waals surface area contributed by atoms with E-state index in [1.807, 2.05) is 0 Å². The highest BCUT2D eigenvalue weighted by molar-refractivity contribution is 6.07. The molecule has 0 unspecified atom stereocenters. The van der Waals surface area contributed by atoms with Gasteiger partial charge in [0, 0.05) is 18.0 Å². The quantitative estimate of drug-likeness (QED) is 0.345. The van der Waals surface area contributed by atoms with Gasteiger partial charge in [-0.15, -0.1) is 13.2 Å². The number of primary amides is 1. The number of alkyl halides is 3. The van der Waals surface area contributed by atoms with Crippen LogP contribution < -0.4 is 25.3 Å². The number of aromatic nitrogens is 1. The van der Waals surface area contributed by atoms with E-state index in [1.54, 1.807) is 0 Å². The highest BCUT2D eigenvalue weighted by Gasteiger charge is 2.32. The number of ether oxygens (including phenoxy) is 3. The first kappa shape index (κ1) is 22.8. The molecule has 0 aliphatic heterocycles. The molecule has 3 aromatic rings. The lowest BCUT2D eigenvalue weighted by molar-refractivity contribution is -0.274. The van der Waals surface area contributed by atoms with Gasteiger partial charge in [0.05, 0.1) is 11.2 Å². The molecule has 1 heterocycles. The number of pyridine rings is 1. The van der Waals surface area contributed by atoms with Crippen LogP contribution in [-0.2, 0) is 0 Å². The summed E-state index contributed by atoms with van der Waals surface area (Å²) < 4.78 is 90.5. The van der Waals surface area contributed by atoms with Gasteiger partial charge in [0.2, 0.25) is 0 Å². The Morgan fingerprint density at radius 2 is 1.84 bits per heavy atom. The van der Waals surface area contributed by atoms with Crippen LogP contribution in [0.1, 0.15) is 62.1 Å². The van der Waals surface area contributed by atoms with Crippen LogP contribution >= 0.6 is 0 Å². The molecule has 1 aliphatic carbocycles. The second kappa shape index (κ2) is 11.0. The van der Waals surface area contributed by atoms with Crippen molar-refractivity contribution in [3.05, 3.63) is 71.3 Å². The zero-order chi connectivity index (χ0) is 29.9. The van der Waals surface area contributed by atoms with Crippen LogP contribution in [-0.4, -0.2) is 30.2 Å². The normalized spacial score (nSPS) is 15.2. The number of nitrogens with zero attached hydrogens (tertiary/aromatic N) is 1. The third-order valence-corrected chi connectivity index (χ3v) is 5.88. The number of hydrogen-bond acceptors (Lipinski definition) is 6. The van der Waals surface area contributed by atoms with Crippen molar-refractivity contribution in [3.63, 3.8) is 0 Å². The number of amides is 2. The summed E-state index contributed by atoms with van der Waals surface area (Å²) in [5.41, 5.74) is 5.03. The molecular weight excluding hydrogens is 510 g/mol. The third-order valence-electron chi connectivity index (χ3n) is 5.88. The minimum atomic E-state index is -5.08. The molecule has 2 amide bonds. The number of nitrogens with two attached hydrogens (primary N) is 1. The summed E-state index contributed by atoms with van der Waals surface area (Å²) in [6.45, 7) is 0. The van der Waals surface area contributed by atoms with Gasteiger partial charge in [0.1, 0.15) is 28.6 Å². The lowest BCUT2D eigenvalue weighted by Crippen LogP contribution is -2.18. The molecule has 1 fully saturated rings. The van der Waals surface area contributed by atoms with E-state index in [4.69, 9.17) is 19.3 Å². The summed E-state index contributed by atoms with van der Waals surface area (Å²) in [4.78, 5) is 28.5. The van der Waals surface area contributed by atoms with E-state index in [-0.39, 0.29) is 23.0 Å². The fourth-order valence-corrected chi connectivity index (χ4v) is 4.20. The van der Waals surface area contributed by atoms with Crippen LogP contribution in [0, 0.1) is 5.82 Å². The number of halogens is 4. The molecule has 1 aromatic heterocycles. The largest absolute Gasteiger partial charge is 0.573 e. The minimum Gasteiger partial charge on any atom is -0.493 e. The molecule has 0 atom stereocenters. The highest BCUT2D eigenvalue weighted by atomic mass is 19.4. The van der Waals surface area contributed by atoms with Gasteiger partial charge in [-0.05, 0) is 60.7 Å². The molecule has 4 rings (SSSR count). The summed E-state index contributed by atoms with van der Waals surface area (Å²) >= 11 is 0. The number of rotatable bonds is 8. The van der Waals surface area contributed by atoms with Crippen molar-refractivity contribution in [2.45, 2.75) is 38.0 Å². The topological polar surface area (TPSA) is 113 Å². The van der Waals surface area contributed by atoms with Gasteiger partial charge in [0.25, 0.3) is 11.8 Å². The van der Waals surface area contributed by atoms with Gasteiger partial charge in [0.15, 0.2) is 11.5 Å². The first-order valence-electron chi connectivity index (χ1n) is 12.9. The highest BCUT2D eigenvalue weighted by Crippen LogP contribution is 2.41. The second-order valence-electron chi connectivity index (χ2n) is 8.47. The van der Waals surface area contributed by atoms with Gasteiger partial charge in [-0.3, -0.25) is 14.6 Å². The molecule has 3 N–H and O–H groups in total. The minimum absolute atomic E-state index is 0.0389. The molecule has 1 aliphatic rings. The zero-order valence-corrected chi connectivity index (χ0v) is 19.6. The zero-order valence-electron chi connectivity index (χ0n) is 22.6. The number of hydrogen-bond donors (Lipinski definition) is 2. The Balaban J connectivity index is 1.77. The number of methoxy groups -OCH3 is 1. The second-order valence-corrected chi connectivity index (χ2v) is 8.47. The number of carbonyl (C=O) groups is 2. The number of carbonyl (C=O) groups excluding carboxylic acids is 2. The fourth-order valence-electron chi connectivity index (χ4n) is 4.20. The maximum atomic E-state index is 15.6. The predicted molar refractivity (Wildman–Crippen MR) is 128 cm³/mol. The first-order valence-corrected chi connectivity index (χ1v) is 11.4. The van der Waals surface area contributed by atoms with Crippen molar-refractivity contribution in [2.75, 3.05) is 12.4 Å². The third kappa shape index (κ3) is 6.31. The Morgan fingerprint density at radius 1 is 1.08 bits per heavy atom. The Bertz CT molecular complexity index is 1460. The maximum absolute atomic E-state index is 15.6. The molecule has 38 heavy (non-hydrogen) atoms. The molecule has 0 bridgehead atoms. The van der Waals surface area contributed by atoms with Gasteiger partial charge in [-0.25, -0.2) is 4.39 Å². The standard InChI is InChI=1S/C26H23F4N3O5/c1-36-21-13-17(38-26(28,29)30)6-7-20(21)37-22-11-15(14-4-2-3-5-14)10-18(27)23(22)25(35)33-16-8-9-32-19(12-16)24(31)34/h6-14H,2-5H2,1H3,(H2,31,34)(H,32,33,35)/i1D3. The molecular formula is C26H23F4N3O5. The molecule has 2 aromatic carbocycles. The van der Waals surface area contributed by atoms with Gasteiger partial charge in [-0.2, -0.15) is 0 Å². The van der Waals surface area contributed by atoms with Crippen LogP contribution in [0.3, 0.4) is 0 Å². The van der Waals surface area contributed by atoms with E-state index in [1.165, 1.54) is 30.5 Å². The lowest BCUT2D eigenvalue weighted by Gasteiger charge is -2.18. The summed E-state index contributed by atoms with van der Waals surface area (Å²) in [7, 11) is -3.11. The molecule has 0 saturated heterocycles. The Kier molecular flexibility index (Phi) is 6.58. The average molecular weight is 536 g/mol. The van der Waals surface area contributed by atoms with E-state index in [0.29, 0.717) is 11.6 Å². The van der Waals surface area contributed by atoms with E-state index in [9.17, 15) is 22.8 Å². The monoisotopic (exact) mass is 536 g/mol. The summed E-state index contributed by atoms with van der Waals surface area (Å²) in [6, 6.07) is 7.54. The van der Waals surface area contributed by atoms with Crippen LogP contribution in [0.2, 0.25) is 0 Å². The van der Waals surface area contributed by atoms with E-state index in [0.717, 1.165) is 37.8 Å². The van der Waals surface area contributed by atoms with Gasteiger partial charge < -0.3 is 25.3 Å². The van der Waals surface area contributed by atoms with Crippen LogP contribution in [0.25, 0.3) is 0 Å². The Hall–Kier alpha value is -4.35. The number of nitrogens with one attached hydrogen (secondary N) is 1. The van der Waals surface area contributed by atoms with E-state index in [2.05, 4.69) is 15.0 Å². The molecule has 1 saturated carbocycles. The molecule has 0 radical (unpaired) electrons. The van der Waals surface area contributed by atoms with E-state index >= 15 is 4.39 Å². The fraction of sp³-hybridized carbons (Fsp3) is 0.269. The van der Waals surface area contributed by atoms with Gasteiger partial charge >= 0.3 is 6.36 Å². The number of benzene rings is 2. The van der Waals surface area contributed by atoms with Crippen LogP contribution in [0.15, 0.2) is 48.7 Å². The van der Waals surface area contributed by atoms with Crippen LogP contribution in [0.4, 0.5) is 23.2 Å². The lowest BCUT2D eigenvalue weighted by atomic mass is 9.95. The molecule has 12 heteroatoms. The van der Waals surface area contributed by atoms with E-state index < -0.39 is 53.8 Å². The Labute approximate surface area is 218 Å². The van der Waals surface area contributed by atoms with Crippen molar-refractivity contribution < 1.29 is 45.5 Å². The van der Waals surface area contributed by atoms with Gasteiger partial charge in [-0.1, -0.05) is 12.8 Å². The SMILES string of the molecule is [2H]C([2H])([2H])Oc1cc(OC(F)(F)F)ccc1Oc1cc(C2CCCC2)cc(F)c1C(=O)Nc1ccnc(C(N)=O)c1. The van der Waals surface area contributed by atoms with Crippen molar-refractivity contribution in [2.24, 2.45) is 5.73 Å². The average Bonchev–Trinajstić information content (AvgIpc) is 3.39. The summed E-state index contributed by atoms with van der Waals surface area (Å²) in [6.07, 6.45) is -0.540. The van der Waals surface area contributed by atoms with Crippen molar-refractivity contribution in [1.82, 2.24) is 4.98 Å². The van der Waals surface area contributed by atoms with Crippen molar-refractivity contribution in [3.8, 4) is 23.0 Å². The predicted octanol–water partition coefficient (Wildman–Crippen LogP) is 5.93. The van der Waals surface area contributed by atoms with Crippen molar-refractivity contribution in [1.29, 1.82) is 0 Å². The van der Waals surface area contributed by atoms with Crippen molar-refractivity contribution >= 4 is 17.5 Å². The van der Waals surface area contributed by atoms with Crippen LogP contribution in [0.5, 0.6) is 23.0 Å². The maximum Gasteiger partial charge on any atom is 0.573 e. The smallest absolute Gasteiger partial charge is 0.493 e. The summed E-state index contributed by atoms with van der Waals surface area (Å²) in [5.74, 6) is -5.13. The number of anilines is 1.